The van der Waals surface area contributed by atoms with Gasteiger partial charge in [0.1, 0.15) is 5.60 Å². The van der Waals surface area contributed by atoms with Crippen molar-refractivity contribution in [3.8, 4) is 0 Å². The van der Waals surface area contributed by atoms with Crippen molar-refractivity contribution in [3.05, 3.63) is 0 Å². The monoisotopic (exact) mass is 236 g/mol. The zero-order chi connectivity index (χ0) is 12.0. The van der Waals surface area contributed by atoms with Gasteiger partial charge >= 0.3 is 5.97 Å². The zero-order valence-corrected chi connectivity index (χ0v) is 11.1. The summed E-state index contributed by atoms with van der Waals surface area (Å²) in [6.07, 6.45) is 8.56. The van der Waals surface area contributed by atoms with E-state index in [1.54, 1.807) is 0 Å². The lowest BCUT2D eigenvalue weighted by atomic mass is 9.54. The van der Waals surface area contributed by atoms with E-state index in [0.717, 1.165) is 43.4 Å². The number of hydrogen-bond donors (Lipinski definition) is 0. The number of hydrogen-bond acceptors (Lipinski definition) is 2. The topological polar surface area (TPSA) is 26.3 Å². The van der Waals surface area contributed by atoms with Crippen LogP contribution in [0.2, 0.25) is 0 Å². The highest BCUT2D eigenvalue weighted by Gasteiger charge is 2.53. The minimum absolute atomic E-state index is 0.0464. The first-order valence-corrected chi connectivity index (χ1v) is 7.33. The summed E-state index contributed by atoms with van der Waals surface area (Å²) in [6.45, 7) is 4.05. The normalized spacial score (nSPS) is 44.7. The van der Waals surface area contributed by atoms with Crippen molar-refractivity contribution in [1.29, 1.82) is 0 Å². The van der Waals surface area contributed by atoms with Crippen LogP contribution in [0, 0.1) is 23.7 Å². The lowest BCUT2D eigenvalue weighted by Gasteiger charge is -2.55. The molecule has 4 aliphatic carbocycles. The summed E-state index contributed by atoms with van der Waals surface area (Å²) in [5.41, 5.74) is -0.0464. The van der Waals surface area contributed by atoms with Crippen molar-refractivity contribution >= 4 is 5.97 Å². The second-order valence-corrected chi connectivity index (χ2v) is 6.83. The molecule has 0 radical (unpaired) electrons. The molecule has 4 rings (SSSR count). The lowest BCUT2D eigenvalue weighted by Crippen LogP contribution is -2.53. The van der Waals surface area contributed by atoms with Crippen LogP contribution in [0.3, 0.4) is 0 Å². The molecule has 17 heavy (non-hydrogen) atoms. The number of rotatable bonds is 3. The van der Waals surface area contributed by atoms with E-state index in [1.807, 2.05) is 6.92 Å². The summed E-state index contributed by atoms with van der Waals surface area (Å²) in [6, 6.07) is 0. The molecule has 4 saturated carbocycles. The number of ether oxygens (including phenoxy) is 1. The van der Waals surface area contributed by atoms with Crippen LogP contribution in [0.15, 0.2) is 0 Å². The Morgan fingerprint density at radius 1 is 1.18 bits per heavy atom. The van der Waals surface area contributed by atoms with Gasteiger partial charge in [0.25, 0.3) is 0 Å². The predicted molar refractivity (Wildman–Crippen MR) is 66.5 cm³/mol. The SMILES string of the molecule is CCC(C)C(=O)OC12CC3CC(CC(C3)C1)C2. The van der Waals surface area contributed by atoms with Crippen LogP contribution >= 0.6 is 0 Å². The maximum absolute atomic E-state index is 12.0. The van der Waals surface area contributed by atoms with Gasteiger partial charge in [-0.1, -0.05) is 13.8 Å². The molecule has 4 aliphatic rings. The van der Waals surface area contributed by atoms with Crippen molar-refractivity contribution in [1.82, 2.24) is 0 Å². The average molecular weight is 236 g/mol. The molecule has 0 amide bonds. The van der Waals surface area contributed by atoms with E-state index in [1.165, 1.54) is 19.3 Å². The summed E-state index contributed by atoms with van der Waals surface area (Å²) in [7, 11) is 0. The van der Waals surface area contributed by atoms with Crippen LogP contribution in [0.4, 0.5) is 0 Å². The average Bonchev–Trinajstić information content (AvgIpc) is 2.25. The molecule has 1 atom stereocenters. The van der Waals surface area contributed by atoms with Gasteiger partial charge in [-0.05, 0) is 62.7 Å². The zero-order valence-electron chi connectivity index (χ0n) is 11.1. The fraction of sp³-hybridized carbons (Fsp3) is 0.933. The van der Waals surface area contributed by atoms with Crippen molar-refractivity contribution < 1.29 is 9.53 Å². The summed E-state index contributed by atoms with van der Waals surface area (Å²) in [5.74, 6) is 2.68. The Morgan fingerprint density at radius 2 is 1.65 bits per heavy atom. The molecule has 0 aromatic carbocycles. The van der Waals surface area contributed by atoms with Crippen LogP contribution in [-0.4, -0.2) is 11.6 Å². The fourth-order valence-electron chi connectivity index (χ4n) is 4.64. The molecule has 2 nitrogen and oxygen atoms in total. The van der Waals surface area contributed by atoms with E-state index in [4.69, 9.17) is 4.74 Å². The van der Waals surface area contributed by atoms with Crippen LogP contribution < -0.4 is 0 Å². The number of carbonyl (C=O) groups is 1. The fourth-order valence-corrected chi connectivity index (χ4v) is 4.64. The molecule has 0 saturated heterocycles. The van der Waals surface area contributed by atoms with E-state index in [2.05, 4.69) is 6.92 Å². The van der Waals surface area contributed by atoms with Gasteiger partial charge in [0.05, 0.1) is 5.92 Å². The van der Waals surface area contributed by atoms with E-state index in [9.17, 15) is 4.79 Å². The Balaban J connectivity index is 1.72. The Morgan fingerprint density at radius 3 is 2.06 bits per heavy atom. The largest absolute Gasteiger partial charge is 0.459 e. The molecule has 0 heterocycles. The highest BCUT2D eigenvalue weighted by molar-refractivity contribution is 5.72. The first-order chi connectivity index (χ1) is 8.10. The summed E-state index contributed by atoms with van der Waals surface area (Å²) in [5, 5.41) is 0. The maximum atomic E-state index is 12.0. The molecule has 4 fully saturated rings. The molecular formula is C15H24O2. The first kappa shape index (κ1) is 11.6. The Hall–Kier alpha value is -0.530. The van der Waals surface area contributed by atoms with Gasteiger partial charge in [-0.3, -0.25) is 4.79 Å². The summed E-state index contributed by atoms with van der Waals surface area (Å²) in [4.78, 5) is 12.0. The Labute approximate surface area is 104 Å². The standard InChI is InChI=1S/C15H24O2/c1-3-10(2)14(16)17-15-7-11-4-12(8-15)6-13(5-11)9-15/h10-13H,3-9H2,1-2H3. The van der Waals surface area contributed by atoms with Gasteiger partial charge < -0.3 is 4.74 Å². The maximum Gasteiger partial charge on any atom is 0.309 e. The highest BCUT2D eigenvalue weighted by Crippen LogP contribution is 2.57. The van der Waals surface area contributed by atoms with Gasteiger partial charge in [-0.15, -0.1) is 0 Å². The van der Waals surface area contributed by atoms with Crippen molar-refractivity contribution in [2.75, 3.05) is 0 Å². The smallest absolute Gasteiger partial charge is 0.309 e. The Kier molecular flexibility index (Phi) is 2.72. The number of carbonyl (C=O) groups excluding carboxylic acids is 1. The second-order valence-electron chi connectivity index (χ2n) is 6.83. The van der Waals surface area contributed by atoms with Gasteiger partial charge in [0.2, 0.25) is 0 Å². The summed E-state index contributed by atoms with van der Waals surface area (Å²) >= 11 is 0. The third kappa shape index (κ3) is 2.00. The Bertz CT molecular complexity index is 286. The number of esters is 1. The first-order valence-electron chi connectivity index (χ1n) is 7.33. The molecule has 96 valence electrons. The quantitative estimate of drug-likeness (QED) is 0.700. The van der Waals surface area contributed by atoms with E-state index < -0.39 is 0 Å². The van der Waals surface area contributed by atoms with Gasteiger partial charge in [-0.2, -0.15) is 0 Å². The molecule has 0 aromatic heterocycles. The molecule has 0 aromatic rings. The second kappa shape index (κ2) is 4.00. The summed E-state index contributed by atoms with van der Waals surface area (Å²) < 4.78 is 5.96. The van der Waals surface area contributed by atoms with Crippen LogP contribution in [-0.2, 0) is 9.53 Å². The van der Waals surface area contributed by atoms with Gasteiger partial charge in [-0.25, -0.2) is 0 Å². The van der Waals surface area contributed by atoms with Gasteiger partial charge in [0.15, 0.2) is 0 Å². The molecule has 0 aliphatic heterocycles. The van der Waals surface area contributed by atoms with Crippen molar-refractivity contribution in [2.45, 2.75) is 64.4 Å². The van der Waals surface area contributed by atoms with Crippen LogP contribution in [0.5, 0.6) is 0 Å². The highest BCUT2D eigenvalue weighted by atomic mass is 16.6. The van der Waals surface area contributed by atoms with E-state index in [-0.39, 0.29) is 17.5 Å². The molecule has 2 heteroatoms. The molecular weight excluding hydrogens is 212 g/mol. The van der Waals surface area contributed by atoms with Crippen LogP contribution in [0.1, 0.15) is 58.8 Å². The van der Waals surface area contributed by atoms with Gasteiger partial charge in [0, 0.05) is 0 Å². The van der Waals surface area contributed by atoms with Crippen LogP contribution in [0.25, 0.3) is 0 Å². The van der Waals surface area contributed by atoms with E-state index >= 15 is 0 Å². The van der Waals surface area contributed by atoms with Crippen molar-refractivity contribution in [3.63, 3.8) is 0 Å². The molecule has 0 spiro atoms. The molecule has 4 bridgehead atoms. The third-order valence-corrected chi connectivity index (χ3v) is 5.31. The molecule has 1 unspecified atom stereocenters. The third-order valence-electron chi connectivity index (χ3n) is 5.31. The molecule has 0 N–H and O–H groups in total. The lowest BCUT2D eigenvalue weighted by molar-refractivity contribution is -0.190. The van der Waals surface area contributed by atoms with E-state index in [0.29, 0.717) is 0 Å². The minimum atomic E-state index is -0.0464. The predicted octanol–water partition coefficient (Wildman–Crippen LogP) is 3.54. The minimum Gasteiger partial charge on any atom is -0.459 e. The van der Waals surface area contributed by atoms with Crippen molar-refractivity contribution in [2.24, 2.45) is 23.7 Å².